The number of hydrogen-bond acceptors (Lipinski definition) is 5. The summed E-state index contributed by atoms with van der Waals surface area (Å²) in [6.07, 6.45) is 1.40. The molecular weight excluding hydrogens is 308 g/mol. The Labute approximate surface area is 131 Å². The number of hydrogen-bond donors (Lipinski definition) is 2. The van der Waals surface area contributed by atoms with Crippen molar-refractivity contribution in [3.8, 4) is 0 Å². The maximum Gasteiger partial charge on any atom is 0.157 e. The van der Waals surface area contributed by atoms with E-state index in [0.717, 1.165) is 5.56 Å². The van der Waals surface area contributed by atoms with E-state index in [4.69, 9.17) is 11.6 Å². The largest absolute Gasteiger partial charge is 0.383 e. The van der Waals surface area contributed by atoms with Crippen molar-refractivity contribution in [2.45, 2.75) is 5.75 Å². The number of nitrogens with zero attached hydrogens (tertiary/aromatic N) is 2. The van der Waals surface area contributed by atoms with E-state index in [1.807, 2.05) is 30.3 Å². The van der Waals surface area contributed by atoms with Crippen molar-refractivity contribution in [2.24, 2.45) is 0 Å². The third-order valence-electron chi connectivity index (χ3n) is 2.84. The second kappa shape index (κ2) is 7.95. The molecule has 0 amide bonds. The van der Waals surface area contributed by atoms with Gasteiger partial charge in [-0.3, -0.25) is 4.21 Å². The van der Waals surface area contributed by atoms with Gasteiger partial charge in [0.1, 0.15) is 12.0 Å². The third-order valence-corrected chi connectivity index (χ3v) is 4.45. The first-order chi connectivity index (χ1) is 10.2. The van der Waals surface area contributed by atoms with E-state index in [1.54, 1.807) is 7.05 Å². The molecule has 0 spiro atoms. The lowest BCUT2D eigenvalue weighted by Gasteiger charge is -2.11. The topological polar surface area (TPSA) is 66.9 Å². The van der Waals surface area contributed by atoms with Crippen LogP contribution in [-0.2, 0) is 16.6 Å². The minimum absolute atomic E-state index is 0.361. The van der Waals surface area contributed by atoms with Crippen LogP contribution in [0.15, 0.2) is 36.7 Å². The fourth-order valence-corrected chi connectivity index (χ4v) is 3.10. The Bertz CT molecular complexity index is 609. The molecule has 1 aromatic carbocycles. The first kappa shape index (κ1) is 15.7. The Morgan fingerprint density at radius 1 is 1.24 bits per heavy atom. The lowest BCUT2D eigenvalue weighted by atomic mass is 10.2. The molecule has 112 valence electrons. The van der Waals surface area contributed by atoms with Crippen LogP contribution in [0.4, 0.5) is 11.5 Å². The molecule has 0 aliphatic carbocycles. The van der Waals surface area contributed by atoms with Crippen LogP contribution in [0.3, 0.4) is 0 Å². The summed E-state index contributed by atoms with van der Waals surface area (Å²) in [5.74, 6) is 1.72. The summed E-state index contributed by atoms with van der Waals surface area (Å²) < 4.78 is 12.0. The highest BCUT2D eigenvalue weighted by atomic mass is 35.5. The molecule has 1 heterocycles. The van der Waals surface area contributed by atoms with Gasteiger partial charge in [-0.1, -0.05) is 41.9 Å². The van der Waals surface area contributed by atoms with E-state index in [-0.39, 0.29) is 0 Å². The molecule has 0 saturated heterocycles. The molecular formula is C14H17ClN4OS. The summed E-state index contributed by atoms with van der Waals surface area (Å²) in [5.41, 5.74) is 1.73. The van der Waals surface area contributed by atoms with Crippen LogP contribution < -0.4 is 10.6 Å². The Morgan fingerprint density at radius 3 is 2.71 bits per heavy atom. The minimum Gasteiger partial charge on any atom is -0.383 e. The lowest BCUT2D eigenvalue weighted by molar-refractivity contribution is 0.682. The van der Waals surface area contributed by atoms with Gasteiger partial charge >= 0.3 is 0 Å². The van der Waals surface area contributed by atoms with E-state index in [0.29, 0.717) is 34.7 Å². The predicted molar refractivity (Wildman–Crippen MR) is 88.2 cm³/mol. The van der Waals surface area contributed by atoms with Gasteiger partial charge in [-0.2, -0.15) is 0 Å². The summed E-state index contributed by atoms with van der Waals surface area (Å²) in [6.45, 7) is 0.557. The van der Waals surface area contributed by atoms with Crippen LogP contribution in [0, 0.1) is 0 Å². The minimum atomic E-state index is -0.918. The van der Waals surface area contributed by atoms with Gasteiger partial charge in [-0.05, 0) is 5.56 Å². The smallest absolute Gasteiger partial charge is 0.157 e. The number of anilines is 2. The van der Waals surface area contributed by atoms with Crippen molar-refractivity contribution in [1.29, 1.82) is 0 Å². The maximum atomic E-state index is 12.0. The van der Waals surface area contributed by atoms with Gasteiger partial charge in [0, 0.05) is 35.9 Å². The van der Waals surface area contributed by atoms with Crippen molar-refractivity contribution < 1.29 is 4.21 Å². The number of rotatable bonds is 7. The average Bonchev–Trinajstić information content (AvgIpc) is 2.48. The molecule has 0 radical (unpaired) electrons. The van der Waals surface area contributed by atoms with Crippen molar-refractivity contribution in [2.75, 3.05) is 30.0 Å². The van der Waals surface area contributed by atoms with E-state index in [9.17, 15) is 4.21 Å². The molecule has 21 heavy (non-hydrogen) atoms. The number of benzene rings is 1. The zero-order valence-corrected chi connectivity index (χ0v) is 13.2. The molecule has 2 N–H and O–H groups in total. The first-order valence-corrected chi connectivity index (χ1v) is 8.38. The van der Waals surface area contributed by atoms with Crippen LogP contribution in [0.25, 0.3) is 0 Å². The van der Waals surface area contributed by atoms with Crippen LogP contribution in [-0.4, -0.2) is 33.5 Å². The molecule has 5 nitrogen and oxygen atoms in total. The van der Waals surface area contributed by atoms with Crippen molar-refractivity contribution in [1.82, 2.24) is 9.97 Å². The Kier molecular flexibility index (Phi) is 5.95. The molecule has 2 rings (SSSR count). The Balaban J connectivity index is 1.84. The third kappa shape index (κ3) is 4.68. The van der Waals surface area contributed by atoms with Crippen LogP contribution in [0.2, 0.25) is 5.15 Å². The van der Waals surface area contributed by atoms with Gasteiger partial charge < -0.3 is 10.6 Å². The molecule has 1 atom stereocenters. The standard InChI is InChI=1S/C14H17ClN4OS/c1-16-12-13(15)18-10-19-14(12)17-7-8-21(20)9-11-5-3-2-4-6-11/h2-6,10,16H,7-9H2,1H3,(H,17,18,19). The van der Waals surface area contributed by atoms with Gasteiger partial charge in [0.15, 0.2) is 11.0 Å². The van der Waals surface area contributed by atoms with E-state index >= 15 is 0 Å². The fourth-order valence-electron chi connectivity index (χ4n) is 1.84. The zero-order chi connectivity index (χ0) is 15.1. The van der Waals surface area contributed by atoms with E-state index in [2.05, 4.69) is 20.6 Å². The monoisotopic (exact) mass is 324 g/mol. The van der Waals surface area contributed by atoms with Gasteiger partial charge in [0.25, 0.3) is 0 Å². The Hall–Kier alpha value is -1.66. The summed E-state index contributed by atoms with van der Waals surface area (Å²) >= 11 is 5.96. The second-order valence-electron chi connectivity index (χ2n) is 4.34. The zero-order valence-electron chi connectivity index (χ0n) is 11.7. The normalized spacial score (nSPS) is 11.9. The number of nitrogens with one attached hydrogen (secondary N) is 2. The van der Waals surface area contributed by atoms with Crippen molar-refractivity contribution in [3.63, 3.8) is 0 Å². The molecule has 2 aromatic rings. The summed E-state index contributed by atoms with van der Waals surface area (Å²) in [6, 6.07) is 9.81. The highest BCUT2D eigenvalue weighted by Crippen LogP contribution is 2.24. The summed E-state index contributed by atoms with van der Waals surface area (Å²) in [7, 11) is 0.835. The molecule has 1 aromatic heterocycles. The van der Waals surface area contributed by atoms with Crippen LogP contribution in [0.1, 0.15) is 5.56 Å². The second-order valence-corrected chi connectivity index (χ2v) is 6.27. The van der Waals surface area contributed by atoms with Crippen LogP contribution in [0.5, 0.6) is 0 Å². The number of halogens is 1. The maximum absolute atomic E-state index is 12.0. The van der Waals surface area contributed by atoms with Crippen molar-refractivity contribution >= 4 is 33.9 Å². The number of aromatic nitrogens is 2. The Morgan fingerprint density at radius 2 is 2.00 bits per heavy atom. The first-order valence-electron chi connectivity index (χ1n) is 6.51. The quantitative estimate of drug-likeness (QED) is 0.766. The van der Waals surface area contributed by atoms with Gasteiger partial charge in [0.05, 0.1) is 0 Å². The van der Waals surface area contributed by atoms with E-state index in [1.165, 1.54) is 6.33 Å². The molecule has 0 fully saturated rings. The van der Waals surface area contributed by atoms with Crippen LogP contribution >= 0.6 is 11.6 Å². The summed E-state index contributed by atoms with van der Waals surface area (Å²) in [5, 5.41) is 6.44. The highest BCUT2D eigenvalue weighted by molar-refractivity contribution is 7.84. The summed E-state index contributed by atoms with van der Waals surface area (Å²) in [4.78, 5) is 8.02. The fraction of sp³-hybridized carbons (Fsp3) is 0.286. The molecule has 0 saturated carbocycles. The molecule has 7 heteroatoms. The molecule has 0 aliphatic rings. The SMILES string of the molecule is CNc1c(Cl)ncnc1NCCS(=O)Cc1ccccc1. The predicted octanol–water partition coefficient (Wildman–Crippen LogP) is 2.53. The average molecular weight is 325 g/mol. The molecule has 0 aliphatic heterocycles. The van der Waals surface area contributed by atoms with Gasteiger partial charge in [-0.15, -0.1) is 0 Å². The van der Waals surface area contributed by atoms with Gasteiger partial charge in [0.2, 0.25) is 0 Å². The highest BCUT2D eigenvalue weighted by Gasteiger charge is 2.08. The molecule has 0 bridgehead atoms. The van der Waals surface area contributed by atoms with Crippen molar-refractivity contribution in [3.05, 3.63) is 47.4 Å². The molecule has 1 unspecified atom stereocenters. The van der Waals surface area contributed by atoms with E-state index < -0.39 is 10.8 Å². The lowest BCUT2D eigenvalue weighted by Crippen LogP contribution is -2.14. The van der Waals surface area contributed by atoms with Gasteiger partial charge in [-0.25, -0.2) is 9.97 Å².